The van der Waals surface area contributed by atoms with E-state index < -0.39 is 0 Å². The number of imidazole rings is 1. The summed E-state index contributed by atoms with van der Waals surface area (Å²) in [6.07, 6.45) is 1.81. The summed E-state index contributed by atoms with van der Waals surface area (Å²) in [5, 5.41) is 13.5. The van der Waals surface area contributed by atoms with Crippen LogP contribution in [0.5, 0.6) is 5.75 Å². The third kappa shape index (κ3) is 2.65. The molecular formula is C19H18N4O2. The van der Waals surface area contributed by atoms with Gasteiger partial charge in [-0.3, -0.25) is 0 Å². The summed E-state index contributed by atoms with van der Waals surface area (Å²) in [5.74, 6) is 1.93. The van der Waals surface area contributed by atoms with Gasteiger partial charge in [-0.15, -0.1) is 0 Å². The molecule has 0 aliphatic heterocycles. The van der Waals surface area contributed by atoms with Gasteiger partial charge in [0, 0.05) is 23.9 Å². The van der Waals surface area contributed by atoms with Crippen LogP contribution in [0.2, 0.25) is 0 Å². The van der Waals surface area contributed by atoms with E-state index >= 15 is 0 Å². The van der Waals surface area contributed by atoms with Crippen LogP contribution in [0.15, 0.2) is 41.1 Å². The highest BCUT2D eigenvalue weighted by molar-refractivity contribution is 5.80. The number of aromatic hydroxyl groups is 1. The quantitative estimate of drug-likeness (QED) is 0.617. The summed E-state index contributed by atoms with van der Waals surface area (Å²) in [5.41, 5.74) is 5.55. The van der Waals surface area contributed by atoms with Crippen molar-refractivity contribution in [2.24, 2.45) is 0 Å². The molecule has 0 unspecified atom stereocenters. The maximum Gasteiger partial charge on any atom is 0.177 e. The van der Waals surface area contributed by atoms with Gasteiger partial charge in [0.1, 0.15) is 17.3 Å². The molecule has 126 valence electrons. The summed E-state index contributed by atoms with van der Waals surface area (Å²) in [4.78, 5) is 9.07. The molecular weight excluding hydrogens is 316 g/mol. The molecule has 0 aliphatic rings. The minimum absolute atomic E-state index is 0.262. The fourth-order valence-electron chi connectivity index (χ4n) is 3.13. The Bertz CT molecular complexity index is 1040. The van der Waals surface area contributed by atoms with E-state index in [1.807, 2.05) is 39.1 Å². The van der Waals surface area contributed by atoms with Crippen molar-refractivity contribution >= 4 is 11.2 Å². The van der Waals surface area contributed by atoms with Crippen LogP contribution in [-0.2, 0) is 6.54 Å². The molecule has 0 bridgehead atoms. The number of hydrogen-bond donors (Lipinski definition) is 1. The molecule has 3 aromatic heterocycles. The third-order valence-corrected chi connectivity index (χ3v) is 4.40. The number of rotatable bonds is 3. The Kier molecular flexibility index (Phi) is 3.53. The highest BCUT2D eigenvalue weighted by atomic mass is 16.5. The van der Waals surface area contributed by atoms with Crippen molar-refractivity contribution < 1.29 is 9.63 Å². The van der Waals surface area contributed by atoms with E-state index in [0.29, 0.717) is 12.2 Å². The molecule has 1 N–H and O–H groups in total. The molecule has 6 nitrogen and oxygen atoms in total. The van der Waals surface area contributed by atoms with Crippen LogP contribution in [0.3, 0.4) is 0 Å². The molecule has 6 heteroatoms. The van der Waals surface area contributed by atoms with Crippen LogP contribution < -0.4 is 0 Å². The Hall–Kier alpha value is -3.15. The highest BCUT2D eigenvalue weighted by Gasteiger charge is 2.15. The molecule has 0 spiro atoms. The van der Waals surface area contributed by atoms with E-state index in [2.05, 4.69) is 25.8 Å². The Labute approximate surface area is 144 Å². The number of fused-ring (bicyclic) bond motifs is 1. The Balaban J connectivity index is 1.83. The van der Waals surface area contributed by atoms with Gasteiger partial charge in [0.15, 0.2) is 5.65 Å². The lowest BCUT2D eigenvalue weighted by atomic mass is 10.1. The van der Waals surface area contributed by atoms with Gasteiger partial charge in [-0.05, 0) is 44.5 Å². The van der Waals surface area contributed by atoms with Crippen molar-refractivity contribution in [2.45, 2.75) is 27.3 Å². The van der Waals surface area contributed by atoms with Crippen molar-refractivity contribution in [1.29, 1.82) is 0 Å². The van der Waals surface area contributed by atoms with Crippen molar-refractivity contribution in [2.75, 3.05) is 0 Å². The molecule has 0 radical (unpaired) electrons. The van der Waals surface area contributed by atoms with Crippen LogP contribution in [0.4, 0.5) is 0 Å². The first-order chi connectivity index (χ1) is 12.0. The summed E-state index contributed by atoms with van der Waals surface area (Å²) < 4.78 is 7.40. The second-order valence-corrected chi connectivity index (χ2v) is 6.18. The lowest BCUT2D eigenvalue weighted by Crippen LogP contribution is -2.02. The van der Waals surface area contributed by atoms with Gasteiger partial charge in [-0.2, -0.15) is 0 Å². The zero-order chi connectivity index (χ0) is 17.6. The summed E-state index contributed by atoms with van der Waals surface area (Å²) in [7, 11) is 0. The van der Waals surface area contributed by atoms with E-state index in [-0.39, 0.29) is 5.75 Å². The van der Waals surface area contributed by atoms with E-state index in [4.69, 9.17) is 4.52 Å². The molecule has 3 heterocycles. The fraction of sp³-hybridized carbons (Fsp3) is 0.211. The Morgan fingerprint density at radius 3 is 2.56 bits per heavy atom. The summed E-state index contributed by atoms with van der Waals surface area (Å²) in [6, 6.07) is 9.28. The second-order valence-electron chi connectivity index (χ2n) is 6.18. The van der Waals surface area contributed by atoms with Crippen molar-refractivity contribution in [3.05, 3.63) is 59.4 Å². The summed E-state index contributed by atoms with van der Waals surface area (Å²) in [6.45, 7) is 6.46. The zero-order valence-corrected chi connectivity index (χ0v) is 14.3. The molecule has 0 saturated heterocycles. The van der Waals surface area contributed by atoms with Crippen LogP contribution in [0.25, 0.3) is 22.3 Å². The first kappa shape index (κ1) is 15.4. The fourth-order valence-corrected chi connectivity index (χ4v) is 3.13. The van der Waals surface area contributed by atoms with Gasteiger partial charge in [-0.25, -0.2) is 9.97 Å². The van der Waals surface area contributed by atoms with Crippen molar-refractivity contribution in [3.63, 3.8) is 0 Å². The average molecular weight is 334 g/mol. The number of phenols is 1. The Morgan fingerprint density at radius 2 is 1.88 bits per heavy atom. The molecule has 1 aromatic carbocycles. The highest BCUT2D eigenvalue weighted by Crippen LogP contribution is 2.29. The minimum Gasteiger partial charge on any atom is -0.508 e. The smallest absolute Gasteiger partial charge is 0.177 e. The average Bonchev–Trinajstić information content (AvgIpc) is 3.09. The van der Waals surface area contributed by atoms with Crippen LogP contribution in [-0.4, -0.2) is 24.8 Å². The number of phenolic OH excluding ortho intramolecular Hbond substituents is 1. The minimum atomic E-state index is 0.262. The van der Waals surface area contributed by atoms with Crippen molar-refractivity contribution in [3.8, 4) is 16.9 Å². The van der Waals surface area contributed by atoms with Gasteiger partial charge >= 0.3 is 0 Å². The first-order valence-corrected chi connectivity index (χ1v) is 8.07. The molecule has 4 rings (SSSR count). The van der Waals surface area contributed by atoms with Crippen LogP contribution in [0, 0.1) is 20.8 Å². The molecule has 0 aliphatic carbocycles. The number of hydrogen-bond acceptors (Lipinski definition) is 5. The van der Waals surface area contributed by atoms with E-state index in [1.165, 1.54) is 0 Å². The summed E-state index contributed by atoms with van der Waals surface area (Å²) >= 11 is 0. The molecule has 4 aromatic rings. The Morgan fingerprint density at radius 1 is 1.12 bits per heavy atom. The largest absolute Gasteiger partial charge is 0.508 e. The molecule has 25 heavy (non-hydrogen) atoms. The number of benzene rings is 1. The maximum absolute atomic E-state index is 9.46. The van der Waals surface area contributed by atoms with Gasteiger partial charge in [0.05, 0.1) is 11.2 Å². The van der Waals surface area contributed by atoms with Crippen LogP contribution >= 0.6 is 0 Å². The zero-order valence-electron chi connectivity index (χ0n) is 14.3. The van der Waals surface area contributed by atoms with Gasteiger partial charge in [0.25, 0.3) is 0 Å². The topological polar surface area (TPSA) is 77.0 Å². The number of pyridine rings is 1. The lowest BCUT2D eigenvalue weighted by molar-refractivity contribution is 0.393. The monoisotopic (exact) mass is 334 g/mol. The van der Waals surface area contributed by atoms with Gasteiger partial charge in [0.2, 0.25) is 0 Å². The molecule has 0 saturated carbocycles. The predicted octanol–water partition coefficient (Wildman–Crippen LogP) is 3.77. The standard InChI is InChI=1S/C19H18N4O2/c1-11-18(12(2)25-22-11)15-8-17-19(20-9-15)21-13(3)23(17)10-14-4-6-16(24)7-5-14/h4-9,24H,10H2,1-3H3. The number of nitrogens with zero attached hydrogens (tertiary/aromatic N) is 4. The molecule has 0 amide bonds. The lowest BCUT2D eigenvalue weighted by Gasteiger charge is -2.08. The van der Waals surface area contributed by atoms with E-state index in [0.717, 1.165) is 39.5 Å². The normalized spacial score (nSPS) is 11.3. The predicted molar refractivity (Wildman–Crippen MR) is 94.4 cm³/mol. The van der Waals surface area contributed by atoms with Gasteiger partial charge < -0.3 is 14.2 Å². The first-order valence-electron chi connectivity index (χ1n) is 8.07. The van der Waals surface area contributed by atoms with Crippen LogP contribution in [0.1, 0.15) is 22.8 Å². The third-order valence-electron chi connectivity index (χ3n) is 4.40. The molecule has 0 fully saturated rings. The van der Waals surface area contributed by atoms with Gasteiger partial charge in [-0.1, -0.05) is 17.3 Å². The SMILES string of the molecule is Cc1noc(C)c1-c1cnc2nc(C)n(Cc3ccc(O)cc3)c2c1. The number of aromatic nitrogens is 4. The van der Waals surface area contributed by atoms with E-state index in [9.17, 15) is 5.11 Å². The second kappa shape index (κ2) is 5.73. The maximum atomic E-state index is 9.46. The number of aryl methyl sites for hydroxylation is 3. The van der Waals surface area contributed by atoms with E-state index in [1.54, 1.807) is 12.1 Å². The van der Waals surface area contributed by atoms with Crippen molar-refractivity contribution in [1.82, 2.24) is 19.7 Å². The molecule has 0 atom stereocenters.